The van der Waals surface area contributed by atoms with Crippen molar-refractivity contribution in [1.29, 1.82) is 0 Å². The molecule has 1 heterocycles. The van der Waals surface area contributed by atoms with Crippen LogP contribution in [0.15, 0.2) is 54.6 Å². The lowest BCUT2D eigenvalue weighted by atomic mass is 9.88. The number of amides is 1. The van der Waals surface area contributed by atoms with E-state index in [4.69, 9.17) is 12.6 Å². The SMILES string of the molecule is CCN(C(=O)c1nc2ccccc2[nH]1)[C@H]1CCC[C@@](S)(NCc2ccccc2)C1. The second-order valence-electron chi connectivity index (χ2n) is 7.81. The largest absolute Gasteiger partial charge is 0.334 e. The molecule has 1 aliphatic carbocycles. The van der Waals surface area contributed by atoms with E-state index >= 15 is 0 Å². The fraction of sp³-hybridized carbons (Fsp3) is 0.391. The van der Waals surface area contributed by atoms with Gasteiger partial charge in [0.05, 0.1) is 15.9 Å². The molecule has 0 aliphatic heterocycles. The number of nitrogens with zero attached hydrogens (tertiary/aromatic N) is 2. The Morgan fingerprint density at radius 1 is 1.24 bits per heavy atom. The van der Waals surface area contributed by atoms with E-state index in [0.717, 1.165) is 43.3 Å². The van der Waals surface area contributed by atoms with Crippen LogP contribution in [-0.4, -0.2) is 38.2 Å². The maximum Gasteiger partial charge on any atom is 0.289 e. The van der Waals surface area contributed by atoms with Crippen LogP contribution in [-0.2, 0) is 6.54 Å². The third-order valence-electron chi connectivity index (χ3n) is 5.80. The molecule has 1 amide bonds. The Bertz CT molecular complexity index is 940. The zero-order valence-electron chi connectivity index (χ0n) is 16.8. The summed E-state index contributed by atoms with van der Waals surface area (Å²) < 4.78 is 0. The topological polar surface area (TPSA) is 61.0 Å². The van der Waals surface area contributed by atoms with E-state index in [1.165, 1.54) is 5.56 Å². The molecule has 1 saturated carbocycles. The summed E-state index contributed by atoms with van der Waals surface area (Å²) in [4.78, 5) is 22.6. The number of aromatic nitrogens is 2. The number of nitrogens with one attached hydrogen (secondary N) is 2. The number of aromatic amines is 1. The Morgan fingerprint density at radius 3 is 2.76 bits per heavy atom. The normalized spacial score (nSPS) is 21.9. The number of imidazole rings is 1. The van der Waals surface area contributed by atoms with Crippen LogP contribution in [0.5, 0.6) is 0 Å². The Balaban J connectivity index is 1.47. The standard InChI is InChI=1S/C23H28N4OS/c1-2-27(22(28)21-25-19-12-6-7-13-20(19)26-21)18-11-8-14-23(29,15-18)24-16-17-9-4-3-5-10-17/h3-7,9-10,12-13,18,24,29H,2,8,11,14-16H2,1H3,(H,25,26)/t18-,23-/m0/s1. The maximum atomic E-state index is 13.2. The Kier molecular flexibility index (Phi) is 5.92. The van der Waals surface area contributed by atoms with Gasteiger partial charge in [-0.2, -0.15) is 12.6 Å². The molecule has 1 fully saturated rings. The van der Waals surface area contributed by atoms with Crippen LogP contribution in [0.2, 0.25) is 0 Å². The molecule has 29 heavy (non-hydrogen) atoms. The number of hydrogen-bond donors (Lipinski definition) is 3. The highest BCUT2D eigenvalue weighted by Gasteiger charge is 2.37. The Hall–Kier alpha value is -2.31. The summed E-state index contributed by atoms with van der Waals surface area (Å²) in [5.74, 6) is 0.384. The van der Waals surface area contributed by atoms with Gasteiger partial charge >= 0.3 is 0 Å². The lowest BCUT2D eigenvalue weighted by Crippen LogP contribution is -2.51. The van der Waals surface area contributed by atoms with Gasteiger partial charge in [0.15, 0.2) is 5.82 Å². The van der Waals surface area contributed by atoms with Crippen LogP contribution in [0.25, 0.3) is 11.0 Å². The molecule has 2 N–H and O–H groups in total. The molecule has 3 aromatic rings. The molecule has 4 rings (SSSR count). The zero-order valence-corrected chi connectivity index (χ0v) is 17.7. The van der Waals surface area contributed by atoms with Crippen molar-refractivity contribution in [3.05, 3.63) is 66.0 Å². The monoisotopic (exact) mass is 408 g/mol. The van der Waals surface area contributed by atoms with Gasteiger partial charge < -0.3 is 9.88 Å². The number of thiol groups is 1. The molecule has 0 spiro atoms. The smallest absolute Gasteiger partial charge is 0.289 e. The van der Waals surface area contributed by atoms with Crippen molar-refractivity contribution >= 4 is 29.6 Å². The predicted molar refractivity (Wildman–Crippen MR) is 120 cm³/mol. The van der Waals surface area contributed by atoms with Crippen LogP contribution >= 0.6 is 12.6 Å². The number of hydrogen-bond acceptors (Lipinski definition) is 4. The molecule has 152 valence electrons. The van der Waals surface area contributed by atoms with E-state index in [0.29, 0.717) is 12.4 Å². The van der Waals surface area contributed by atoms with E-state index in [1.54, 1.807) is 0 Å². The maximum absolute atomic E-state index is 13.2. The van der Waals surface area contributed by atoms with Gasteiger partial charge in [0, 0.05) is 19.1 Å². The van der Waals surface area contributed by atoms with E-state index in [2.05, 4.69) is 39.6 Å². The van der Waals surface area contributed by atoms with Gasteiger partial charge in [-0.15, -0.1) is 0 Å². The molecule has 0 saturated heterocycles. The van der Waals surface area contributed by atoms with Crippen molar-refractivity contribution in [3.8, 4) is 0 Å². The number of para-hydroxylation sites is 2. The summed E-state index contributed by atoms with van der Waals surface area (Å²) in [6.07, 6.45) is 3.85. The van der Waals surface area contributed by atoms with E-state index in [9.17, 15) is 4.79 Å². The highest BCUT2D eigenvalue weighted by Crippen LogP contribution is 2.35. The fourth-order valence-electron chi connectivity index (χ4n) is 4.27. The summed E-state index contributed by atoms with van der Waals surface area (Å²) in [6.45, 7) is 3.47. The molecule has 1 aliphatic rings. The van der Waals surface area contributed by atoms with E-state index in [-0.39, 0.29) is 16.8 Å². The van der Waals surface area contributed by atoms with Crippen LogP contribution in [0.4, 0.5) is 0 Å². The van der Waals surface area contributed by atoms with E-state index in [1.807, 2.05) is 42.2 Å². The van der Waals surface area contributed by atoms with Gasteiger partial charge in [0.25, 0.3) is 5.91 Å². The van der Waals surface area contributed by atoms with Crippen molar-refractivity contribution in [2.24, 2.45) is 0 Å². The minimum Gasteiger partial charge on any atom is -0.334 e. The number of carbonyl (C=O) groups excluding carboxylic acids is 1. The van der Waals surface area contributed by atoms with Gasteiger partial charge in [0.2, 0.25) is 0 Å². The minimum atomic E-state index is -0.277. The molecule has 2 atom stereocenters. The zero-order chi connectivity index (χ0) is 20.3. The van der Waals surface area contributed by atoms with Gasteiger partial charge in [-0.05, 0) is 50.3 Å². The average molecular weight is 409 g/mol. The minimum absolute atomic E-state index is 0.0330. The van der Waals surface area contributed by atoms with Crippen LogP contribution in [0, 0.1) is 0 Å². The Labute approximate surface area is 177 Å². The van der Waals surface area contributed by atoms with Gasteiger partial charge in [0.1, 0.15) is 0 Å². The Morgan fingerprint density at radius 2 is 2.00 bits per heavy atom. The fourth-order valence-corrected chi connectivity index (χ4v) is 4.72. The third-order valence-corrected chi connectivity index (χ3v) is 6.36. The number of rotatable bonds is 6. The van der Waals surface area contributed by atoms with Gasteiger partial charge in [-0.25, -0.2) is 4.98 Å². The average Bonchev–Trinajstić information content (AvgIpc) is 3.18. The molecule has 0 radical (unpaired) electrons. The number of benzene rings is 2. The summed E-state index contributed by atoms with van der Waals surface area (Å²) in [5, 5.41) is 3.63. The molecular formula is C23H28N4OS. The molecule has 2 aromatic carbocycles. The van der Waals surface area contributed by atoms with E-state index < -0.39 is 0 Å². The number of fused-ring (bicyclic) bond motifs is 1. The molecule has 6 heteroatoms. The van der Waals surface area contributed by atoms with Crippen molar-refractivity contribution in [2.45, 2.75) is 50.1 Å². The summed E-state index contributed by atoms with van der Waals surface area (Å²) >= 11 is 5.00. The quantitative estimate of drug-likeness (QED) is 0.419. The highest BCUT2D eigenvalue weighted by molar-refractivity contribution is 7.81. The molecule has 5 nitrogen and oxygen atoms in total. The molecular weight excluding hydrogens is 380 g/mol. The molecule has 1 aromatic heterocycles. The first-order valence-electron chi connectivity index (χ1n) is 10.3. The van der Waals surface area contributed by atoms with Gasteiger partial charge in [-0.1, -0.05) is 42.5 Å². The predicted octanol–water partition coefficient (Wildman–Crippen LogP) is 4.38. The highest BCUT2D eigenvalue weighted by atomic mass is 32.1. The van der Waals surface area contributed by atoms with Crippen molar-refractivity contribution in [3.63, 3.8) is 0 Å². The summed E-state index contributed by atoms with van der Waals surface area (Å²) in [5.41, 5.74) is 2.96. The van der Waals surface area contributed by atoms with Crippen molar-refractivity contribution < 1.29 is 4.79 Å². The van der Waals surface area contributed by atoms with Crippen LogP contribution in [0.3, 0.4) is 0 Å². The first-order valence-corrected chi connectivity index (χ1v) is 10.8. The van der Waals surface area contributed by atoms with Crippen LogP contribution < -0.4 is 5.32 Å². The lowest BCUT2D eigenvalue weighted by molar-refractivity contribution is 0.0606. The third kappa shape index (κ3) is 4.49. The van der Waals surface area contributed by atoms with Crippen LogP contribution in [0.1, 0.15) is 48.8 Å². The van der Waals surface area contributed by atoms with Crippen molar-refractivity contribution in [2.75, 3.05) is 6.54 Å². The first kappa shape index (κ1) is 20.0. The molecule has 0 bridgehead atoms. The second kappa shape index (κ2) is 8.59. The number of H-pyrrole nitrogens is 1. The second-order valence-corrected chi connectivity index (χ2v) is 8.67. The van der Waals surface area contributed by atoms with Crippen molar-refractivity contribution in [1.82, 2.24) is 20.2 Å². The van der Waals surface area contributed by atoms with Gasteiger partial charge in [-0.3, -0.25) is 10.1 Å². The summed E-state index contributed by atoms with van der Waals surface area (Å²) in [6, 6.07) is 18.3. The summed E-state index contributed by atoms with van der Waals surface area (Å²) in [7, 11) is 0. The first-order chi connectivity index (χ1) is 14.1. The number of carbonyl (C=O) groups is 1. The lowest BCUT2D eigenvalue weighted by Gasteiger charge is -2.42. The molecule has 0 unspecified atom stereocenters.